The number of para-hydroxylation sites is 1. The van der Waals surface area contributed by atoms with Gasteiger partial charge in [0.05, 0.1) is 0 Å². The molecule has 1 aliphatic rings. The number of alkyl halides is 3. The number of hydrogen-bond donors (Lipinski definition) is 3. The van der Waals surface area contributed by atoms with Crippen LogP contribution in [0.5, 0.6) is 0 Å². The molecule has 1 aromatic carbocycles. The summed E-state index contributed by atoms with van der Waals surface area (Å²) in [4.78, 5) is 52.1. The van der Waals surface area contributed by atoms with Crippen LogP contribution in [0.15, 0.2) is 42.5 Å². The molecule has 3 N–H and O–H groups in total. The van der Waals surface area contributed by atoms with E-state index < -0.39 is 42.0 Å². The summed E-state index contributed by atoms with van der Waals surface area (Å²) < 4.78 is 38.4. The number of anilines is 1. The maximum absolute atomic E-state index is 13.4. The Morgan fingerprint density at radius 1 is 1.08 bits per heavy atom. The van der Waals surface area contributed by atoms with Gasteiger partial charge in [-0.3, -0.25) is 19.2 Å². The molecule has 0 radical (unpaired) electrons. The highest BCUT2D eigenvalue weighted by atomic mass is 19.4. The van der Waals surface area contributed by atoms with E-state index in [0.717, 1.165) is 0 Å². The number of nitrogens with zero attached hydrogens (tertiary/aromatic N) is 1. The van der Waals surface area contributed by atoms with Crippen molar-refractivity contribution in [1.29, 1.82) is 0 Å². The topological polar surface area (TPSA) is 108 Å². The average Bonchev–Trinajstić information content (AvgIpc) is 3.27. The molecule has 1 aromatic rings. The van der Waals surface area contributed by atoms with E-state index in [1.54, 1.807) is 56.4 Å². The lowest BCUT2D eigenvalue weighted by Crippen LogP contribution is -2.57. The van der Waals surface area contributed by atoms with E-state index in [1.165, 1.54) is 4.90 Å². The maximum Gasteiger partial charge on any atom is 0.471 e. The highest BCUT2D eigenvalue weighted by molar-refractivity contribution is 5.99. The monoisotopic (exact) mass is 510 g/mol. The zero-order valence-electron chi connectivity index (χ0n) is 20.7. The van der Waals surface area contributed by atoms with Gasteiger partial charge in [0.25, 0.3) is 0 Å². The number of nitrogens with one attached hydrogen (secondary N) is 3. The lowest BCUT2D eigenvalue weighted by Gasteiger charge is -2.30. The first-order valence-electron chi connectivity index (χ1n) is 11.8. The minimum atomic E-state index is -5.16. The Morgan fingerprint density at radius 3 is 2.28 bits per heavy atom. The van der Waals surface area contributed by atoms with Crippen molar-refractivity contribution < 1.29 is 32.3 Å². The Morgan fingerprint density at radius 2 is 1.72 bits per heavy atom. The van der Waals surface area contributed by atoms with Crippen molar-refractivity contribution in [3.63, 3.8) is 0 Å². The fourth-order valence-electron chi connectivity index (χ4n) is 4.01. The Balaban J connectivity index is 2.19. The molecule has 0 bridgehead atoms. The van der Waals surface area contributed by atoms with E-state index in [1.807, 2.05) is 0 Å². The smallest absolute Gasteiger partial charge is 0.342 e. The Hall–Kier alpha value is -3.37. The van der Waals surface area contributed by atoms with Crippen LogP contribution in [0.4, 0.5) is 18.9 Å². The van der Waals surface area contributed by atoms with Crippen LogP contribution in [0.2, 0.25) is 0 Å². The summed E-state index contributed by atoms with van der Waals surface area (Å²) in [7, 11) is 0. The quantitative estimate of drug-likeness (QED) is 0.420. The third-order valence-corrected chi connectivity index (χ3v) is 5.63. The van der Waals surface area contributed by atoms with Crippen LogP contribution in [0.25, 0.3) is 0 Å². The van der Waals surface area contributed by atoms with Gasteiger partial charge in [-0.1, -0.05) is 37.6 Å². The molecule has 8 nitrogen and oxygen atoms in total. The Bertz CT molecular complexity index is 966. The Kier molecular flexibility index (Phi) is 10.1. The van der Waals surface area contributed by atoms with E-state index in [0.29, 0.717) is 24.1 Å². The lowest BCUT2D eigenvalue weighted by molar-refractivity contribution is -0.175. The van der Waals surface area contributed by atoms with E-state index in [2.05, 4.69) is 17.2 Å². The fraction of sp³-hybridized carbons (Fsp3) is 0.520. The van der Waals surface area contributed by atoms with Gasteiger partial charge in [0.1, 0.15) is 18.1 Å². The van der Waals surface area contributed by atoms with E-state index in [-0.39, 0.29) is 31.2 Å². The molecule has 0 unspecified atom stereocenters. The first-order valence-corrected chi connectivity index (χ1v) is 11.8. The van der Waals surface area contributed by atoms with E-state index in [9.17, 15) is 32.3 Å². The number of rotatable bonds is 10. The molecular formula is C25H33F3N4O4. The number of hydrogen-bond acceptors (Lipinski definition) is 4. The number of amides is 4. The van der Waals surface area contributed by atoms with Crippen molar-refractivity contribution in [3.8, 4) is 0 Å². The van der Waals surface area contributed by atoms with Crippen molar-refractivity contribution in [3.05, 3.63) is 42.5 Å². The maximum atomic E-state index is 13.4. The van der Waals surface area contributed by atoms with Gasteiger partial charge in [-0.2, -0.15) is 13.2 Å². The van der Waals surface area contributed by atoms with E-state index >= 15 is 0 Å². The normalized spacial score (nSPS) is 17.3. The summed E-state index contributed by atoms with van der Waals surface area (Å²) >= 11 is 0. The first kappa shape index (κ1) is 28.9. The summed E-state index contributed by atoms with van der Waals surface area (Å²) in [5, 5.41) is 6.99. The standard InChI is InChI=1S/C25H33F3N4O4/c1-15(2)13-18(31-24(36)25(26,27)28)21(33)30-19(14-16(3)4)23(35)32-12-8-11-20(32)22(34)29-17-9-6-5-7-10-17/h5-7,9-10,15,18-20H,3,8,11-14H2,1-2,4H3,(H,29,34)(H,30,33)(H,31,36)/t18-,19+,20-/m0/s1. The molecule has 2 rings (SSSR count). The molecule has 0 saturated carbocycles. The molecule has 1 fully saturated rings. The lowest BCUT2D eigenvalue weighted by atomic mass is 10.0. The number of likely N-dealkylation sites (tertiary alicyclic amines) is 1. The van der Waals surface area contributed by atoms with Crippen molar-refractivity contribution in [2.24, 2.45) is 5.92 Å². The van der Waals surface area contributed by atoms with Gasteiger partial charge in [0, 0.05) is 12.2 Å². The summed E-state index contributed by atoms with van der Waals surface area (Å²) in [6.45, 7) is 9.09. The van der Waals surface area contributed by atoms with Crippen LogP contribution in [-0.4, -0.2) is 59.4 Å². The summed E-state index contributed by atoms with van der Waals surface area (Å²) in [6, 6.07) is 5.34. The van der Waals surface area contributed by atoms with Crippen LogP contribution >= 0.6 is 0 Å². The van der Waals surface area contributed by atoms with Crippen molar-refractivity contribution >= 4 is 29.3 Å². The first-order chi connectivity index (χ1) is 16.8. The SMILES string of the molecule is C=C(C)C[C@@H](NC(=O)[C@H](CC(C)C)NC(=O)C(F)(F)F)C(=O)N1CCC[C@H]1C(=O)Nc1ccccc1. The van der Waals surface area contributed by atoms with Crippen LogP contribution in [0, 0.1) is 5.92 Å². The van der Waals surface area contributed by atoms with Gasteiger partial charge in [-0.05, 0) is 50.7 Å². The summed E-state index contributed by atoms with van der Waals surface area (Å²) in [6.07, 6.45) is -4.19. The molecule has 1 aliphatic heterocycles. The molecule has 4 amide bonds. The molecule has 0 spiro atoms. The third-order valence-electron chi connectivity index (χ3n) is 5.63. The molecule has 36 heavy (non-hydrogen) atoms. The van der Waals surface area contributed by atoms with Gasteiger partial charge in [0.2, 0.25) is 17.7 Å². The number of halogens is 3. The third kappa shape index (κ3) is 8.39. The van der Waals surface area contributed by atoms with Crippen molar-refractivity contribution in [1.82, 2.24) is 15.5 Å². The van der Waals surface area contributed by atoms with Gasteiger partial charge >= 0.3 is 12.1 Å². The number of carbonyl (C=O) groups is 4. The zero-order valence-corrected chi connectivity index (χ0v) is 20.7. The van der Waals surface area contributed by atoms with E-state index in [4.69, 9.17) is 0 Å². The van der Waals surface area contributed by atoms with Crippen molar-refractivity contribution in [2.75, 3.05) is 11.9 Å². The van der Waals surface area contributed by atoms with Crippen LogP contribution in [-0.2, 0) is 19.2 Å². The van der Waals surface area contributed by atoms with Crippen LogP contribution < -0.4 is 16.0 Å². The predicted octanol–water partition coefficient (Wildman–Crippen LogP) is 3.16. The largest absolute Gasteiger partial charge is 0.471 e. The molecule has 198 valence electrons. The zero-order chi connectivity index (χ0) is 27.0. The van der Waals surface area contributed by atoms with Crippen LogP contribution in [0.1, 0.15) is 46.5 Å². The minimum Gasteiger partial charge on any atom is -0.342 e. The fourth-order valence-corrected chi connectivity index (χ4v) is 4.01. The predicted molar refractivity (Wildman–Crippen MR) is 129 cm³/mol. The second kappa shape index (κ2) is 12.5. The van der Waals surface area contributed by atoms with Gasteiger partial charge in [-0.15, -0.1) is 6.58 Å². The highest BCUT2D eigenvalue weighted by Gasteiger charge is 2.42. The number of carbonyl (C=O) groups excluding carboxylic acids is 4. The molecule has 1 heterocycles. The summed E-state index contributed by atoms with van der Waals surface area (Å²) in [5.41, 5.74) is 1.13. The second-order valence-corrected chi connectivity index (χ2v) is 9.42. The minimum absolute atomic E-state index is 0.0235. The molecule has 1 saturated heterocycles. The van der Waals surface area contributed by atoms with Crippen molar-refractivity contribution in [2.45, 2.75) is 70.8 Å². The molecule has 3 atom stereocenters. The molecule has 0 aromatic heterocycles. The van der Waals surface area contributed by atoms with Gasteiger partial charge in [0.15, 0.2) is 0 Å². The molecule has 11 heteroatoms. The average molecular weight is 511 g/mol. The molecular weight excluding hydrogens is 477 g/mol. The highest BCUT2D eigenvalue weighted by Crippen LogP contribution is 2.22. The number of benzene rings is 1. The van der Waals surface area contributed by atoms with Gasteiger partial charge < -0.3 is 20.9 Å². The molecule has 0 aliphatic carbocycles. The van der Waals surface area contributed by atoms with Gasteiger partial charge in [-0.25, -0.2) is 0 Å². The second-order valence-electron chi connectivity index (χ2n) is 9.42. The Labute approximate surface area is 208 Å². The summed E-state index contributed by atoms with van der Waals surface area (Å²) in [5.74, 6) is -4.27. The van der Waals surface area contributed by atoms with Crippen LogP contribution in [0.3, 0.4) is 0 Å².